The number of rotatable bonds is 7. The van der Waals surface area contributed by atoms with Crippen molar-refractivity contribution in [2.45, 2.75) is 51.2 Å². The van der Waals surface area contributed by atoms with Gasteiger partial charge in [-0.3, -0.25) is 24.2 Å². The van der Waals surface area contributed by atoms with Crippen LogP contribution in [-0.4, -0.2) is 59.4 Å². The van der Waals surface area contributed by atoms with Crippen molar-refractivity contribution in [2.75, 3.05) is 31.1 Å². The Morgan fingerprint density at radius 3 is 2.71 bits per heavy atom. The fraction of sp³-hybridized carbons (Fsp3) is 0.500. The van der Waals surface area contributed by atoms with Crippen LogP contribution in [0, 0.1) is 5.92 Å². The van der Waals surface area contributed by atoms with E-state index in [1.807, 2.05) is 25.1 Å². The van der Waals surface area contributed by atoms with Gasteiger partial charge >= 0.3 is 0 Å². The topological polar surface area (TPSA) is 73.0 Å². The van der Waals surface area contributed by atoms with E-state index in [2.05, 4.69) is 27.7 Å². The molecule has 4 heterocycles. The van der Waals surface area contributed by atoms with Gasteiger partial charge in [0.15, 0.2) is 0 Å². The standard InChI is InChI=1S/C26H32N4O3S/c1-26-12-8-24(32)30(26)22-7-3-2-6-21(22)25(33)29(26)15-11-23(31)27-17-19-9-13-28(14-10-19)18-20-5-4-16-34-20/h2-7,16,19H,8-15,17-18H2,1H3,(H,27,31). The molecule has 2 fully saturated rings. The van der Waals surface area contributed by atoms with Gasteiger partial charge in [-0.2, -0.15) is 0 Å². The number of carbonyl (C=O) groups excluding carboxylic acids is 3. The molecule has 0 saturated carbocycles. The first kappa shape index (κ1) is 23.1. The number of amides is 3. The summed E-state index contributed by atoms with van der Waals surface area (Å²) in [6, 6.07) is 11.6. The fourth-order valence-electron chi connectivity index (χ4n) is 5.57. The molecule has 180 valence electrons. The lowest BCUT2D eigenvalue weighted by atomic mass is 9.96. The molecule has 0 bridgehead atoms. The summed E-state index contributed by atoms with van der Waals surface area (Å²) in [7, 11) is 0. The van der Waals surface area contributed by atoms with Crippen molar-refractivity contribution >= 4 is 34.7 Å². The van der Waals surface area contributed by atoms with Gasteiger partial charge in [0.1, 0.15) is 5.66 Å². The molecule has 2 aromatic rings. The lowest BCUT2D eigenvalue weighted by Gasteiger charge is -2.48. The van der Waals surface area contributed by atoms with E-state index in [1.54, 1.807) is 27.2 Å². The molecule has 5 rings (SSSR count). The summed E-state index contributed by atoms with van der Waals surface area (Å²) in [5.74, 6) is 0.386. The van der Waals surface area contributed by atoms with Crippen molar-refractivity contribution in [1.29, 1.82) is 0 Å². The van der Waals surface area contributed by atoms with E-state index < -0.39 is 5.66 Å². The van der Waals surface area contributed by atoms with E-state index in [1.165, 1.54) is 4.88 Å². The second-order valence-corrected chi connectivity index (χ2v) is 10.8. The summed E-state index contributed by atoms with van der Waals surface area (Å²) in [5.41, 5.74) is 0.506. The first-order chi connectivity index (χ1) is 16.5. The molecule has 1 unspecified atom stereocenters. The first-order valence-corrected chi connectivity index (χ1v) is 13.1. The Kier molecular flexibility index (Phi) is 6.44. The molecule has 0 radical (unpaired) electrons. The van der Waals surface area contributed by atoms with Crippen LogP contribution >= 0.6 is 11.3 Å². The van der Waals surface area contributed by atoms with Crippen molar-refractivity contribution in [1.82, 2.24) is 15.1 Å². The van der Waals surface area contributed by atoms with Gasteiger partial charge in [0, 0.05) is 37.4 Å². The van der Waals surface area contributed by atoms with Crippen molar-refractivity contribution in [3.63, 3.8) is 0 Å². The van der Waals surface area contributed by atoms with Crippen LogP contribution in [0.5, 0.6) is 0 Å². The third-order valence-corrected chi connectivity index (χ3v) is 8.42. The molecule has 0 spiro atoms. The number of likely N-dealkylation sites (tertiary alicyclic amines) is 1. The SMILES string of the molecule is CC12CCC(=O)N1c1ccccc1C(=O)N2CCC(=O)NCC1CCN(Cc2cccs2)CC1. The number of benzene rings is 1. The molecule has 3 aliphatic heterocycles. The predicted octanol–water partition coefficient (Wildman–Crippen LogP) is 3.47. The van der Waals surface area contributed by atoms with Crippen molar-refractivity contribution in [2.24, 2.45) is 5.92 Å². The van der Waals surface area contributed by atoms with Gasteiger partial charge in [-0.05, 0) is 68.8 Å². The Labute approximate surface area is 204 Å². The van der Waals surface area contributed by atoms with Crippen molar-refractivity contribution in [3.05, 3.63) is 52.2 Å². The Morgan fingerprint density at radius 1 is 1.15 bits per heavy atom. The number of nitrogens with one attached hydrogen (secondary N) is 1. The van der Waals surface area contributed by atoms with E-state index in [0.717, 1.165) is 32.5 Å². The highest BCUT2D eigenvalue weighted by molar-refractivity contribution is 7.09. The number of thiophene rings is 1. The number of hydrogen-bond donors (Lipinski definition) is 1. The molecule has 1 atom stereocenters. The van der Waals surface area contributed by atoms with Crippen LogP contribution in [0.3, 0.4) is 0 Å². The van der Waals surface area contributed by atoms with E-state index in [4.69, 9.17) is 0 Å². The largest absolute Gasteiger partial charge is 0.356 e. The lowest BCUT2D eigenvalue weighted by Crippen LogP contribution is -2.62. The summed E-state index contributed by atoms with van der Waals surface area (Å²) in [4.78, 5) is 46.0. The molecule has 7 nitrogen and oxygen atoms in total. The molecule has 1 aromatic heterocycles. The molecule has 0 aliphatic carbocycles. The molecular weight excluding hydrogens is 448 g/mol. The van der Waals surface area contributed by atoms with Crippen molar-refractivity contribution in [3.8, 4) is 0 Å². The third-order valence-electron chi connectivity index (χ3n) is 7.56. The maximum Gasteiger partial charge on any atom is 0.257 e. The number of fused-ring (bicyclic) bond motifs is 3. The van der Waals surface area contributed by atoms with E-state index >= 15 is 0 Å². The van der Waals surface area contributed by atoms with Crippen LogP contribution in [0.15, 0.2) is 41.8 Å². The second kappa shape index (κ2) is 9.50. The van der Waals surface area contributed by atoms with E-state index in [-0.39, 0.29) is 24.1 Å². The second-order valence-electron chi connectivity index (χ2n) is 9.77. The summed E-state index contributed by atoms with van der Waals surface area (Å²) in [6.45, 7) is 6.06. The predicted molar refractivity (Wildman–Crippen MR) is 133 cm³/mol. The third kappa shape index (κ3) is 4.36. The number of hydrogen-bond acceptors (Lipinski definition) is 5. The van der Waals surface area contributed by atoms with Crippen LogP contribution in [-0.2, 0) is 16.1 Å². The zero-order valence-electron chi connectivity index (χ0n) is 19.7. The molecule has 1 N–H and O–H groups in total. The Morgan fingerprint density at radius 2 is 1.94 bits per heavy atom. The van der Waals surface area contributed by atoms with Crippen LogP contribution in [0.25, 0.3) is 0 Å². The van der Waals surface area contributed by atoms with E-state index in [9.17, 15) is 14.4 Å². The monoisotopic (exact) mass is 480 g/mol. The van der Waals surface area contributed by atoms with Gasteiger partial charge < -0.3 is 10.2 Å². The molecule has 1 aromatic carbocycles. The van der Waals surface area contributed by atoms with Gasteiger partial charge in [-0.25, -0.2) is 0 Å². The molecule has 34 heavy (non-hydrogen) atoms. The molecule has 2 saturated heterocycles. The number of carbonyl (C=O) groups is 3. The summed E-state index contributed by atoms with van der Waals surface area (Å²) < 4.78 is 0. The lowest BCUT2D eigenvalue weighted by molar-refractivity contribution is -0.121. The average Bonchev–Trinajstić information content (AvgIpc) is 3.46. The fourth-order valence-corrected chi connectivity index (χ4v) is 6.32. The van der Waals surface area contributed by atoms with Gasteiger partial charge in [-0.15, -0.1) is 11.3 Å². The Bertz CT molecular complexity index is 1060. The maximum absolute atomic E-state index is 13.3. The van der Waals surface area contributed by atoms with Gasteiger partial charge in [0.05, 0.1) is 11.3 Å². The number of piperidine rings is 1. The highest BCUT2D eigenvalue weighted by Crippen LogP contribution is 2.43. The summed E-state index contributed by atoms with van der Waals surface area (Å²) in [5, 5.41) is 5.21. The number of para-hydroxylation sites is 1. The summed E-state index contributed by atoms with van der Waals surface area (Å²) >= 11 is 1.80. The Balaban J connectivity index is 1.13. The minimum Gasteiger partial charge on any atom is -0.356 e. The minimum absolute atomic E-state index is 0.0299. The molecule has 8 heteroatoms. The normalized spacial score (nSPS) is 23.2. The Hall–Kier alpha value is -2.71. The zero-order chi connectivity index (χ0) is 23.7. The van der Waals surface area contributed by atoms with Crippen LogP contribution < -0.4 is 10.2 Å². The number of anilines is 1. The van der Waals surface area contributed by atoms with Gasteiger partial charge in [0.25, 0.3) is 5.91 Å². The van der Waals surface area contributed by atoms with Gasteiger partial charge in [0.2, 0.25) is 11.8 Å². The first-order valence-electron chi connectivity index (χ1n) is 12.2. The molecule has 3 aliphatic rings. The average molecular weight is 481 g/mol. The quantitative estimate of drug-likeness (QED) is 0.659. The zero-order valence-corrected chi connectivity index (χ0v) is 20.5. The highest BCUT2D eigenvalue weighted by Gasteiger charge is 2.52. The number of nitrogens with zero attached hydrogens (tertiary/aromatic N) is 3. The van der Waals surface area contributed by atoms with Crippen LogP contribution in [0.4, 0.5) is 5.69 Å². The van der Waals surface area contributed by atoms with Crippen molar-refractivity contribution < 1.29 is 14.4 Å². The van der Waals surface area contributed by atoms with Gasteiger partial charge in [-0.1, -0.05) is 18.2 Å². The maximum atomic E-state index is 13.3. The molecule has 3 amide bonds. The summed E-state index contributed by atoms with van der Waals surface area (Å²) in [6.07, 6.45) is 3.40. The smallest absolute Gasteiger partial charge is 0.257 e. The minimum atomic E-state index is -0.710. The van der Waals surface area contributed by atoms with Crippen LogP contribution in [0.2, 0.25) is 0 Å². The van der Waals surface area contributed by atoms with Crippen LogP contribution in [0.1, 0.15) is 54.3 Å². The van der Waals surface area contributed by atoms with E-state index in [0.29, 0.717) is 43.1 Å². The molecular formula is C26H32N4O3S. The highest BCUT2D eigenvalue weighted by atomic mass is 32.1.